The SMILES string of the molecule is O=C(c1ccncc1)N1CCO[C@H]2CC[C@H]1[C@H]2OCc1ccncc1. The third-order valence-electron chi connectivity index (χ3n) is 4.94. The molecular formula is C19H21N3O3. The molecule has 3 atom stereocenters. The van der Waals surface area contributed by atoms with Gasteiger partial charge in [-0.2, -0.15) is 0 Å². The first-order chi connectivity index (χ1) is 12.3. The molecule has 1 saturated heterocycles. The predicted molar refractivity (Wildman–Crippen MR) is 90.8 cm³/mol. The normalized spacial score (nSPS) is 25.6. The third kappa shape index (κ3) is 3.41. The van der Waals surface area contributed by atoms with Crippen molar-refractivity contribution in [3.05, 3.63) is 60.2 Å². The van der Waals surface area contributed by atoms with E-state index < -0.39 is 0 Å². The summed E-state index contributed by atoms with van der Waals surface area (Å²) in [5.41, 5.74) is 1.74. The average molecular weight is 339 g/mol. The largest absolute Gasteiger partial charge is 0.374 e. The summed E-state index contributed by atoms with van der Waals surface area (Å²) in [6, 6.07) is 7.45. The Balaban J connectivity index is 1.51. The van der Waals surface area contributed by atoms with Crippen LogP contribution < -0.4 is 0 Å². The van der Waals surface area contributed by atoms with Gasteiger partial charge in [-0.15, -0.1) is 0 Å². The van der Waals surface area contributed by atoms with Crippen LogP contribution in [0.1, 0.15) is 28.8 Å². The summed E-state index contributed by atoms with van der Waals surface area (Å²) >= 11 is 0. The van der Waals surface area contributed by atoms with E-state index in [1.54, 1.807) is 36.9 Å². The summed E-state index contributed by atoms with van der Waals surface area (Å²) in [5.74, 6) is 0.0241. The van der Waals surface area contributed by atoms with Crippen LogP contribution in [0.4, 0.5) is 0 Å². The second-order valence-electron chi connectivity index (χ2n) is 6.42. The van der Waals surface area contributed by atoms with Crippen molar-refractivity contribution in [2.45, 2.75) is 37.7 Å². The number of pyridine rings is 2. The number of rotatable bonds is 4. The van der Waals surface area contributed by atoms with Gasteiger partial charge in [0.2, 0.25) is 0 Å². The molecule has 6 nitrogen and oxygen atoms in total. The molecule has 0 aromatic carbocycles. The lowest BCUT2D eigenvalue weighted by atomic mass is 10.1. The fourth-order valence-corrected chi connectivity index (χ4v) is 3.69. The van der Waals surface area contributed by atoms with Crippen LogP contribution in [0, 0.1) is 0 Å². The molecule has 1 saturated carbocycles. The molecule has 6 heteroatoms. The Hall–Kier alpha value is -2.31. The number of carbonyl (C=O) groups is 1. The molecule has 1 aliphatic carbocycles. The molecular weight excluding hydrogens is 318 g/mol. The van der Waals surface area contributed by atoms with Crippen LogP contribution in [0.2, 0.25) is 0 Å². The van der Waals surface area contributed by atoms with Gasteiger partial charge in [-0.1, -0.05) is 0 Å². The molecule has 0 radical (unpaired) electrons. The van der Waals surface area contributed by atoms with E-state index >= 15 is 0 Å². The molecule has 1 amide bonds. The third-order valence-corrected chi connectivity index (χ3v) is 4.94. The minimum atomic E-state index is -0.0959. The number of hydrogen-bond donors (Lipinski definition) is 0. The smallest absolute Gasteiger partial charge is 0.254 e. The van der Waals surface area contributed by atoms with E-state index in [0.29, 0.717) is 25.3 Å². The van der Waals surface area contributed by atoms with Gasteiger partial charge in [0.1, 0.15) is 6.10 Å². The number of fused-ring (bicyclic) bond motifs is 2. The lowest BCUT2D eigenvalue weighted by Gasteiger charge is -2.31. The quantitative estimate of drug-likeness (QED) is 0.853. The van der Waals surface area contributed by atoms with Gasteiger partial charge in [0.15, 0.2) is 0 Å². The van der Waals surface area contributed by atoms with Crippen molar-refractivity contribution in [3.63, 3.8) is 0 Å². The first-order valence-corrected chi connectivity index (χ1v) is 8.66. The van der Waals surface area contributed by atoms with Crippen molar-refractivity contribution in [2.75, 3.05) is 13.2 Å². The zero-order chi connectivity index (χ0) is 17.1. The summed E-state index contributed by atoms with van der Waals surface area (Å²) < 4.78 is 12.2. The van der Waals surface area contributed by atoms with Crippen LogP contribution in [0.25, 0.3) is 0 Å². The minimum Gasteiger partial charge on any atom is -0.374 e. The topological polar surface area (TPSA) is 64.6 Å². The van der Waals surface area contributed by atoms with Crippen LogP contribution >= 0.6 is 0 Å². The molecule has 25 heavy (non-hydrogen) atoms. The summed E-state index contributed by atoms with van der Waals surface area (Å²) in [6.07, 6.45) is 8.61. The van der Waals surface area contributed by atoms with Crippen molar-refractivity contribution in [2.24, 2.45) is 0 Å². The number of carbonyl (C=O) groups excluding carboxylic acids is 1. The maximum atomic E-state index is 12.9. The number of amides is 1. The molecule has 4 rings (SSSR count). The van der Waals surface area contributed by atoms with Gasteiger partial charge in [-0.3, -0.25) is 14.8 Å². The van der Waals surface area contributed by atoms with Gasteiger partial charge in [-0.25, -0.2) is 0 Å². The van der Waals surface area contributed by atoms with E-state index in [4.69, 9.17) is 9.47 Å². The molecule has 0 spiro atoms. The highest BCUT2D eigenvalue weighted by atomic mass is 16.5. The van der Waals surface area contributed by atoms with Crippen molar-refractivity contribution in [3.8, 4) is 0 Å². The Morgan fingerprint density at radius 3 is 2.60 bits per heavy atom. The Morgan fingerprint density at radius 1 is 1.12 bits per heavy atom. The Morgan fingerprint density at radius 2 is 1.84 bits per heavy atom. The van der Waals surface area contributed by atoms with Gasteiger partial charge >= 0.3 is 0 Å². The molecule has 130 valence electrons. The lowest BCUT2D eigenvalue weighted by molar-refractivity contribution is -0.0597. The van der Waals surface area contributed by atoms with Crippen molar-refractivity contribution < 1.29 is 14.3 Å². The molecule has 2 aromatic rings. The van der Waals surface area contributed by atoms with Gasteiger partial charge in [-0.05, 0) is 42.7 Å². The van der Waals surface area contributed by atoms with Gasteiger partial charge < -0.3 is 14.4 Å². The maximum absolute atomic E-state index is 12.9. The lowest BCUT2D eigenvalue weighted by Crippen LogP contribution is -2.46. The molecule has 0 unspecified atom stereocenters. The Kier molecular flexibility index (Phi) is 4.72. The summed E-state index contributed by atoms with van der Waals surface area (Å²) in [6.45, 7) is 1.64. The molecule has 2 aromatic heterocycles. The van der Waals surface area contributed by atoms with Crippen molar-refractivity contribution in [1.82, 2.24) is 14.9 Å². The van der Waals surface area contributed by atoms with E-state index in [-0.39, 0.29) is 24.2 Å². The van der Waals surface area contributed by atoms with Crippen LogP contribution in [0.5, 0.6) is 0 Å². The van der Waals surface area contributed by atoms with E-state index in [9.17, 15) is 4.79 Å². The first-order valence-electron chi connectivity index (χ1n) is 8.66. The Labute approximate surface area is 146 Å². The van der Waals surface area contributed by atoms with Gasteiger partial charge in [0.25, 0.3) is 5.91 Å². The molecule has 0 N–H and O–H groups in total. The molecule has 1 aliphatic heterocycles. The summed E-state index contributed by atoms with van der Waals surface area (Å²) in [5, 5.41) is 0. The standard InChI is InChI=1S/C19H21N3O3/c23-19(15-5-9-21-10-6-15)22-11-12-24-17-2-1-16(22)18(17)25-13-14-3-7-20-8-4-14/h3-10,16-18H,1-2,11-13H2/t16-,17-,18+/m0/s1. The number of ether oxygens (including phenoxy) is 2. The highest BCUT2D eigenvalue weighted by molar-refractivity contribution is 5.94. The van der Waals surface area contributed by atoms with Gasteiger partial charge in [0.05, 0.1) is 25.4 Å². The van der Waals surface area contributed by atoms with Crippen LogP contribution in [-0.2, 0) is 16.1 Å². The van der Waals surface area contributed by atoms with E-state index in [0.717, 1.165) is 18.4 Å². The molecule has 3 heterocycles. The first kappa shape index (κ1) is 16.2. The van der Waals surface area contributed by atoms with Crippen LogP contribution in [-0.4, -0.2) is 52.2 Å². The summed E-state index contributed by atoms with van der Waals surface area (Å²) in [7, 11) is 0. The van der Waals surface area contributed by atoms with Gasteiger partial charge in [0, 0.05) is 36.9 Å². The number of aromatic nitrogens is 2. The van der Waals surface area contributed by atoms with E-state index in [1.807, 2.05) is 17.0 Å². The highest BCUT2D eigenvalue weighted by Gasteiger charge is 2.44. The van der Waals surface area contributed by atoms with Crippen LogP contribution in [0.3, 0.4) is 0 Å². The zero-order valence-electron chi connectivity index (χ0n) is 14.0. The molecule has 2 fully saturated rings. The highest BCUT2D eigenvalue weighted by Crippen LogP contribution is 2.33. The predicted octanol–water partition coefficient (Wildman–Crippen LogP) is 2.07. The summed E-state index contributed by atoms with van der Waals surface area (Å²) in [4.78, 5) is 22.9. The monoisotopic (exact) mass is 339 g/mol. The number of nitrogens with zero attached hydrogens (tertiary/aromatic N) is 3. The maximum Gasteiger partial charge on any atom is 0.254 e. The fraction of sp³-hybridized carbons (Fsp3) is 0.421. The van der Waals surface area contributed by atoms with E-state index in [1.165, 1.54) is 0 Å². The second kappa shape index (κ2) is 7.29. The average Bonchev–Trinajstić information content (AvgIpc) is 2.96. The number of hydrogen-bond acceptors (Lipinski definition) is 5. The second-order valence-corrected chi connectivity index (χ2v) is 6.42. The van der Waals surface area contributed by atoms with E-state index in [2.05, 4.69) is 9.97 Å². The van der Waals surface area contributed by atoms with Crippen molar-refractivity contribution >= 4 is 5.91 Å². The Bertz CT molecular complexity index is 710. The minimum absolute atomic E-state index is 0.0241. The van der Waals surface area contributed by atoms with Crippen molar-refractivity contribution in [1.29, 1.82) is 0 Å². The van der Waals surface area contributed by atoms with Crippen LogP contribution in [0.15, 0.2) is 49.1 Å². The molecule has 2 aliphatic rings. The fourth-order valence-electron chi connectivity index (χ4n) is 3.69. The molecule has 2 bridgehead atoms. The zero-order valence-corrected chi connectivity index (χ0v) is 14.0.